The summed E-state index contributed by atoms with van der Waals surface area (Å²) in [7, 11) is 0. The summed E-state index contributed by atoms with van der Waals surface area (Å²) in [4.78, 5) is 13.8. The molecule has 0 saturated carbocycles. The molecular weight excluding hydrogens is 204 g/mol. The SMILES string of the molecule is CC[C@H]1CN(C(=O)OC(C)(C)C)C(C)CN1. The van der Waals surface area contributed by atoms with Gasteiger partial charge in [0.1, 0.15) is 5.60 Å². The molecular formula is C12H24N2O2. The van der Waals surface area contributed by atoms with Gasteiger partial charge >= 0.3 is 6.09 Å². The third-order valence-corrected chi connectivity index (χ3v) is 2.77. The van der Waals surface area contributed by atoms with Crippen molar-refractivity contribution < 1.29 is 9.53 Å². The molecule has 2 atom stereocenters. The summed E-state index contributed by atoms with van der Waals surface area (Å²) in [6, 6.07) is 0.598. The normalized spacial score (nSPS) is 26.7. The van der Waals surface area contributed by atoms with Gasteiger partial charge in [0.05, 0.1) is 0 Å². The van der Waals surface area contributed by atoms with Crippen LogP contribution in [0.3, 0.4) is 0 Å². The second-order valence-electron chi connectivity index (χ2n) is 5.50. The highest BCUT2D eigenvalue weighted by atomic mass is 16.6. The molecule has 1 N–H and O–H groups in total. The van der Waals surface area contributed by atoms with E-state index < -0.39 is 5.60 Å². The van der Waals surface area contributed by atoms with E-state index in [9.17, 15) is 4.79 Å². The largest absolute Gasteiger partial charge is 0.444 e. The fraction of sp³-hybridized carbons (Fsp3) is 0.917. The predicted molar refractivity (Wildman–Crippen MR) is 64.5 cm³/mol. The Bertz CT molecular complexity index is 248. The van der Waals surface area contributed by atoms with Crippen molar-refractivity contribution in [3.8, 4) is 0 Å². The molecule has 4 nitrogen and oxygen atoms in total. The van der Waals surface area contributed by atoms with Gasteiger partial charge in [-0.2, -0.15) is 0 Å². The molecule has 0 radical (unpaired) electrons. The van der Waals surface area contributed by atoms with Gasteiger partial charge in [0.2, 0.25) is 0 Å². The lowest BCUT2D eigenvalue weighted by molar-refractivity contribution is 0.00952. The molecule has 1 unspecified atom stereocenters. The molecule has 1 saturated heterocycles. The Balaban J connectivity index is 2.59. The van der Waals surface area contributed by atoms with Crippen LogP contribution in [0.15, 0.2) is 0 Å². The number of piperazine rings is 1. The number of amides is 1. The van der Waals surface area contributed by atoms with E-state index in [1.807, 2.05) is 32.6 Å². The van der Waals surface area contributed by atoms with Gasteiger partial charge in [-0.3, -0.25) is 0 Å². The van der Waals surface area contributed by atoms with Crippen molar-refractivity contribution in [2.45, 2.75) is 58.7 Å². The lowest BCUT2D eigenvalue weighted by Crippen LogP contribution is -2.57. The quantitative estimate of drug-likeness (QED) is 0.746. The second kappa shape index (κ2) is 5.04. The van der Waals surface area contributed by atoms with Gasteiger partial charge in [0.25, 0.3) is 0 Å². The molecule has 1 amide bonds. The third-order valence-electron chi connectivity index (χ3n) is 2.77. The fourth-order valence-corrected chi connectivity index (χ4v) is 1.78. The molecule has 0 bridgehead atoms. The van der Waals surface area contributed by atoms with Crippen molar-refractivity contribution in [3.63, 3.8) is 0 Å². The zero-order chi connectivity index (χ0) is 12.3. The van der Waals surface area contributed by atoms with Gasteiger partial charge in [-0.1, -0.05) is 6.92 Å². The van der Waals surface area contributed by atoms with Gasteiger partial charge in [-0.05, 0) is 34.1 Å². The molecule has 1 aliphatic rings. The molecule has 1 rings (SSSR count). The highest BCUT2D eigenvalue weighted by Crippen LogP contribution is 2.15. The van der Waals surface area contributed by atoms with Gasteiger partial charge in [-0.25, -0.2) is 4.79 Å². The Morgan fingerprint density at radius 2 is 2.12 bits per heavy atom. The van der Waals surface area contributed by atoms with Crippen LogP contribution in [0, 0.1) is 0 Å². The van der Waals surface area contributed by atoms with E-state index in [4.69, 9.17) is 4.74 Å². The van der Waals surface area contributed by atoms with Crippen LogP contribution < -0.4 is 5.32 Å². The average molecular weight is 228 g/mol. The Labute approximate surface area is 98.3 Å². The molecule has 1 heterocycles. The predicted octanol–water partition coefficient (Wildman–Crippen LogP) is 1.99. The minimum Gasteiger partial charge on any atom is -0.444 e. The maximum Gasteiger partial charge on any atom is 0.410 e. The third kappa shape index (κ3) is 3.67. The summed E-state index contributed by atoms with van der Waals surface area (Å²) in [6.45, 7) is 11.5. The zero-order valence-corrected chi connectivity index (χ0v) is 11.0. The first kappa shape index (κ1) is 13.3. The van der Waals surface area contributed by atoms with E-state index in [1.165, 1.54) is 0 Å². The van der Waals surface area contributed by atoms with Crippen LogP contribution in [-0.4, -0.2) is 41.8 Å². The fourth-order valence-electron chi connectivity index (χ4n) is 1.78. The summed E-state index contributed by atoms with van der Waals surface area (Å²) in [6.07, 6.45) is 0.839. The topological polar surface area (TPSA) is 41.6 Å². The number of nitrogens with one attached hydrogen (secondary N) is 1. The number of rotatable bonds is 1. The highest BCUT2D eigenvalue weighted by molar-refractivity contribution is 5.68. The highest BCUT2D eigenvalue weighted by Gasteiger charge is 2.30. The number of carbonyl (C=O) groups is 1. The number of ether oxygens (including phenoxy) is 1. The van der Waals surface area contributed by atoms with Crippen molar-refractivity contribution in [1.82, 2.24) is 10.2 Å². The summed E-state index contributed by atoms with van der Waals surface area (Å²) < 4.78 is 5.40. The van der Waals surface area contributed by atoms with Crippen molar-refractivity contribution in [3.05, 3.63) is 0 Å². The molecule has 1 fully saturated rings. The molecule has 0 spiro atoms. The number of hydrogen-bond acceptors (Lipinski definition) is 3. The lowest BCUT2D eigenvalue weighted by Gasteiger charge is -2.39. The van der Waals surface area contributed by atoms with Gasteiger partial charge in [-0.15, -0.1) is 0 Å². The average Bonchev–Trinajstić information content (AvgIpc) is 2.15. The molecule has 0 aromatic rings. The Hall–Kier alpha value is -0.770. The molecule has 0 aromatic carbocycles. The minimum atomic E-state index is -0.413. The van der Waals surface area contributed by atoms with E-state index in [-0.39, 0.29) is 12.1 Å². The maximum atomic E-state index is 12.0. The van der Waals surface area contributed by atoms with Crippen LogP contribution in [0.4, 0.5) is 4.79 Å². The van der Waals surface area contributed by atoms with Crippen LogP contribution >= 0.6 is 0 Å². The lowest BCUT2D eigenvalue weighted by atomic mass is 10.1. The van der Waals surface area contributed by atoms with E-state index in [0.29, 0.717) is 6.04 Å². The van der Waals surface area contributed by atoms with Crippen LogP contribution in [0.2, 0.25) is 0 Å². The van der Waals surface area contributed by atoms with Crippen molar-refractivity contribution in [2.75, 3.05) is 13.1 Å². The standard InChI is InChI=1S/C12H24N2O2/c1-6-10-8-14(9(2)7-13-10)11(15)16-12(3,4)5/h9-10,13H,6-8H2,1-5H3/t9?,10-/m0/s1. The van der Waals surface area contributed by atoms with Crippen molar-refractivity contribution in [2.24, 2.45) is 0 Å². The Morgan fingerprint density at radius 3 is 2.62 bits per heavy atom. The summed E-state index contributed by atoms with van der Waals surface area (Å²) >= 11 is 0. The van der Waals surface area contributed by atoms with Crippen molar-refractivity contribution >= 4 is 6.09 Å². The molecule has 94 valence electrons. The summed E-state index contributed by atoms with van der Waals surface area (Å²) in [5.41, 5.74) is -0.413. The van der Waals surface area contributed by atoms with Crippen LogP contribution in [0.1, 0.15) is 41.0 Å². The molecule has 16 heavy (non-hydrogen) atoms. The molecule has 0 aromatic heterocycles. The van der Waals surface area contributed by atoms with Gasteiger partial charge < -0.3 is 15.0 Å². The van der Waals surface area contributed by atoms with Gasteiger partial charge in [0.15, 0.2) is 0 Å². The smallest absolute Gasteiger partial charge is 0.410 e. The maximum absolute atomic E-state index is 12.0. The number of hydrogen-bond donors (Lipinski definition) is 1. The van der Waals surface area contributed by atoms with E-state index in [0.717, 1.165) is 19.5 Å². The van der Waals surface area contributed by atoms with Crippen LogP contribution in [0.5, 0.6) is 0 Å². The van der Waals surface area contributed by atoms with Gasteiger partial charge in [0, 0.05) is 25.2 Å². The summed E-state index contributed by atoms with van der Waals surface area (Å²) in [5.74, 6) is 0. The summed E-state index contributed by atoms with van der Waals surface area (Å²) in [5, 5.41) is 3.42. The molecule has 1 aliphatic heterocycles. The molecule has 4 heteroatoms. The monoisotopic (exact) mass is 228 g/mol. The number of nitrogens with zero attached hydrogens (tertiary/aromatic N) is 1. The van der Waals surface area contributed by atoms with Crippen LogP contribution in [0.25, 0.3) is 0 Å². The zero-order valence-electron chi connectivity index (χ0n) is 11.0. The second-order valence-corrected chi connectivity index (χ2v) is 5.50. The first-order chi connectivity index (χ1) is 7.33. The van der Waals surface area contributed by atoms with E-state index in [1.54, 1.807) is 0 Å². The Morgan fingerprint density at radius 1 is 1.50 bits per heavy atom. The first-order valence-corrected chi connectivity index (χ1v) is 6.06. The van der Waals surface area contributed by atoms with E-state index >= 15 is 0 Å². The minimum absolute atomic E-state index is 0.194. The Kier molecular flexibility index (Phi) is 4.19. The van der Waals surface area contributed by atoms with Crippen LogP contribution in [-0.2, 0) is 4.74 Å². The van der Waals surface area contributed by atoms with E-state index in [2.05, 4.69) is 12.2 Å². The molecule has 0 aliphatic carbocycles. The van der Waals surface area contributed by atoms with Crippen molar-refractivity contribution in [1.29, 1.82) is 0 Å². The number of carbonyl (C=O) groups excluding carboxylic acids is 1. The first-order valence-electron chi connectivity index (χ1n) is 6.06.